The standard InChI is InChI=1S/C15H14FN3O3S/c1-22-13(20)6-7-23-15-17-8-10(9-18-15)14(21)19-12-4-2-11(16)3-5-12/h2-5,8-9H,6-7H2,1H3,(H,19,21). The number of esters is 1. The summed E-state index contributed by atoms with van der Waals surface area (Å²) < 4.78 is 17.3. The molecule has 0 saturated carbocycles. The van der Waals surface area contributed by atoms with E-state index in [1.54, 1.807) is 0 Å². The Morgan fingerprint density at radius 2 is 1.87 bits per heavy atom. The highest BCUT2D eigenvalue weighted by Crippen LogP contribution is 2.14. The van der Waals surface area contributed by atoms with Gasteiger partial charge in [0, 0.05) is 23.8 Å². The zero-order valence-electron chi connectivity index (χ0n) is 12.3. The minimum Gasteiger partial charge on any atom is -0.469 e. The number of ether oxygens (including phenoxy) is 1. The van der Waals surface area contributed by atoms with Crippen LogP contribution in [0.15, 0.2) is 41.8 Å². The van der Waals surface area contributed by atoms with E-state index in [1.807, 2.05) is 0 Å². The molecule has 0 unspecified atom stereocenters. The van der Waals surface area contributed by atoms with Gasteiger partial charge in [-0.15, -0.1) is 0 Å². The maximum atomic E-state index is 12.8. The maximum absolute atomic E-state index is 12.8. The van der Waals surface area contributed by atoms with Crippen LogP contribution in [0.5, 0.6) is 0 Å². The van der Waals surface area contributed by atoms with Gasteiger partial charge in [0.2, 0.25) is 0 Å². The first kappa shape index (κ1) is 16.9. The zero-order valence-corrected chi connectivity index (χ0v) is 13.1. The molecule has 120 valence electrons. The molecule has 2 rings (SSSR count). The van der Waals surface area contributed by atoms with Crippen molar-refractivity contribution in [3.8, 4) is 0 Å². The lowest BCUT2D eigenvalue weighted by atomic mass is 10.2. The molecular formula is C15H14FN3O3S. The Bertz CT molecular complexity index is 677. The molecule has 0 fully saturated rings. The minimum absolute atomic E-state index is 0.261. The third kappa shape index (κ3) is 5.33. The number of hydrogen-bond acceptors (Lipinski definition) is 6. The Morgan fingerprint density at radius 3 is 2.48 bits per heavy atom. The number of methoxy groups -OCH3 is 1. The second-order valence-electron chi connectivity index (χ2n) is 4.39. The largest absolute Gasteiger partial charge is 0.469 e. The van der Waals surface area contributed by atoms with Crippen molar-refractivity contribution >= 4 is 29.3 Å². The average molecular weight is 335 g/mol. The Hall–Kier alpha value is -2.48. The van der Waals surface area contributed by atoms with Crippen LogP contribution >= 0.6 is 11.8 Å². The molecule has 0 atom stereocenters. The van der Waals surface area contributed by atoms with Gasteiger partial charge in [0.1, 0.15) is 5.82 Å². The fourth-order valence-corrected chi connectivity index (χ4v) is 2.28. The number of nitrogens with zero attached hydrogens (tertiary/aromatic N) is 2. The van der Waals surface area contributed by atoms with E-state index in [0.717, 1.165) is 0 Å². The van der Waals surface area contributed by atoms with Gasteiger partial charge in [0.15, 0.2) is 5.16 Å². The Labute approximate surface area is 136 Å². The molecule has 0 aliphatic rings. The molecule has 8 heteroatoms. The molecule has 2 aromatic rings. The van der Waals surface area contributed by atoms with Gasteiger partial charge in [-0.3, -0.25) is 9.59 Å². The van der Waals surface area contributed by atoms with Crippen LogP contribution in [0.3, 0.4) is 0 Å². The molecule has 0 radical (unpaired) electrons. The number of aromatic nitrogens is 2. The molecule has 0 aliphatic carbocycles. The van der Waals surface area contributed by atoms with Gasteiger partial charge >= 0.3 is 5.97 Å². The summed E-state index contributed by atoms with van der Waals surface area (Å²) in [7, 11) is 1.33. The number of benzene rings is 1. The van der Waals surface area contributed by atoms with Crippen LogP contribution in [-0.2, 0) is 9.53 Å². The van der Waals surface area contributed by atoms with E-state index >= 15 is 0 Å². The van der Waals surface area contributed by atoms with Gasteiger partial charge in [-0.05, 0) is 24.3 Å². The first-order chi connectivity index (χ1) is 11.1. The molecule has 0 saturated heterocycles. The molecule has 0 aliphatic heterocycles. The summed E-state index contributed by atoms with van der Waals surface area (Å²) in [6.45, 7) is 0. The fraction of sp³-hybridized carbons (Fsp3) is 0.200. The van der Waals surface area contributed by atoms with E-state index in [2.05, 4.69) is 20.0 Å². The van der Waals surface area contributed by atoms with E-state index in [9.17, 15) is 14.0 Å². The number of nitrogens with one attached hydrogen (secondary N) is 1. The first-order valence-corrected chi connectivity index (χ1v) is 7.65. The molecule has 6 nitrogen and oxygen atoms in total. The van der Waals surface area contributed by atoms with Gasteiger partial charge in [0.25, 0.3) is 5.91 Å². The lowest BCUT2D eigenvalue weighted by Gasteiger charge is -2.05. The summed E-state index contributed by atoms with van der Waals surface area (Å²) in [5, 5.41) is 3.08. The second-order valence-corrected chi connectivity index (χ2v) is 5.45. The molecule has 0 bridgehead atoms. The van der Waals surface area contributed by atoms with E-state index < -0.39 is 0 Å². The second kappa shape index (κ2) is 8.23. The number of thioether (sulfide) groups is 1. The summed E-state index contributed by atoms with van der Waals surface area (Å²) in [6, 6.07) is 5.44. The van der Waals surface area contributed by atoms with Crippen LogP contribution in [0.2, 0.25) is 0 Å². The fourth-order valence-electron chi connectivity index (χ4n) is 1.57. The van der Waals surface area contributed by atoms with Gasteiger partial charge in [-0.25, -0.2) is 14.4 Å². The van der Waals surface area contributed by atoms with Crippen molar-refractivity contribution in [2.75, 3.05) is 18.2 Å². The smallest absolute Gasteiger partial charge is 0.306 e. The number of halogens is 1. The van der Waals surface area contributed by atoms with Crippen LogP contribution in [0, 0.1) is 5.82 Å². The lowest BCUT2D eigenvalue weighted by Crippen LogP contribution is -2.12. The van der Waals surface area contributed by atoms with Crippen molar-refractivity contribution in [3.63, 3.8) is 0 Å². The quantitative estimate of drug-likeness (QED) is 0.496. The summed E-state index contributed by atoms with van der Waals surface area (Å²) in [5.74, 6) is -0.566. The molecule has 0 spiro atoms. The normalized spacial score (nSPS) is 10.2. The zero-order chi connectivity index (χ0) is 16.7. The van der Waals surface area contributed by atoms with E-state index in [1.165, 1.54) is 55.5 Å². The van der Waals surface area contributed by atoms with Gasteiger partial charge in [-0.1, -0.05) is 11.8 Å². The highest BCUT2D eigenvalue weighted by molar-refractivity contribution is 7.99. The summed E-state index contributed by atoms with van der Waals surface area (Å²) in [4.78, 5) is 31.1. The van der Waals surface area contributed by atoms with Crippen molar-refractivity contribution < 1.29 is 18.7 Å². The molecule has 1 heterocycles. The number of carbonyl (C=O) groups is 2. The third-order valence-corrected chi connectivity index (χ3v) is 3.63. The van der Waals surface area contributed by atoms with Gasteiger partial charge < -0.3 is 10.1 Å². The highest BCUT2D eigenvalue weighted by Gasteiger charge is 2.09. The summed E-state index contributed by atoms with van der Waals surface area (Å²) in [6.07, 6.45) is 3.05. The van der Waals surface area contributed by atoms with Crippen molar-refractivity contribution in [1.82, 2.24) is 9.97 Å². The van der Waals surface area contributed by atoms with Crippen molar-refractivity contribution in [3.05, 3.63) is 48.0 Å². The lowest BCUT2D eigenvalue weighted by molar-refractivity contribution is -0.140. The summed E-state index contributed by atoms with van der Waals surface area (Å²) >= 11 is 1.29. The Balaban J connectivity index is 1.89. The number of amides is 1. The van der Waals surface area contributed by atoms with Gasteiger partial charge in [0.05, 0.1) is 19.1 Å². The van der Waals surface area contributed by atoms with Crippen LogP contribution in [-0.4, -0.2) is 34.7 Å². The van der Waals surface area contributed by atoms with Gasteiger partial charge in [-0.2, -0.15) is 0 Å². The Morgan fingerprint density at radius 1 is 1.22 bits per heavy atom. The maximum Gasteiger partial charge on any atom is 0.306 e. The van der Waals surface area contributed by atoms with Crippen molar-refractivity contribution in [2.24, 2.45) is 0 Å². The SMILES string of the molecule is COC(=O)CCSc1ncc(C(=O)Nc2ccc(F)cc2)cn1. The number of rotatable bonds is 6. The molecular weight excluding hydrogens is 321 g/mol. The average Bonchev–Trinajstić information content (AvgIpc) is 2.57. The van der Waals surface area contributed by atoms with Crippen molar-refractivity contribution in [1.29, 1.82) is 0 Å². The number of anilines is 1. The van der Waals surface area contributed by atoms with Crippen LogP contribution in [0.1, 0.15) is 16.8 Å². The number of carbonyl (C=O) groups excluding carboxylic acids is 2. The molecule has 1 aromatic heterocycles. The van der Waals surface area contributed by atoms with E-state index in [4.69, 9.17) is 0 Å². The minimum atomic E-state index is -0.386. The van der Waals surface area contributed by atoms with Crippen LogP contribution in [0.25, 0.3) is 0 Å². The third-order valence-electron chi connectivity index (χ3n) is 2.76. The molecule has 1 N–H and O–H groups in total. The van der Waals surface area contributed by atoms with E-state index in [-0.39, 0.29) is 29.7 Å². The predicted octanol–water partition coefficient (Wildman–Crippen LogP) is 2.52. The predicted molar refractivity (Wildman–Crippen MR) is 83.7 cm³/mol. The van der Waals surface area contributed by atoms with Crippen molar-refractivity contribution in [2.45, 2.75) is 11.6 Å². The molecule has 1 aromatic carbocycles. The molecule has 1 amide bonds. The Kier molecular flexibility index (Phi) is 6.04. The van der Waals surface area contributed by atoms with Crippen LogP contribution in [0.4, 0.5) is 10.1 Å². The highest BCUT2D eigenvalue weighted by atomic mass is 32.2. The first-order valence-electron chi connectivity index (χ1n) is 6.67. The van der Waals surface area contributed by atoms with E-state index in [0.29, 0.717) is 16.6 Å². The van der Waals surface area contributed by atoms with Crippen LogP contribution < -0.4 is 5.32 Å². The summed E-state index contributed by atoms with van der Waals surface area (Å²) in [5.41, 5.74) is 0.763. The molecule has 23 heavy (non-hydrogen) atoms. The number of hydrogen-bond donors (Lipinski definition) is 1. The topological polar surface area (TPSA) is 81.2 Å². The monoisotopic (exact) mass is 335 g/mol.